The van der Waals surface area contributed by atoms with Crippen molar-refractivity contribution in [2.75, 3.05) is 26.2 Å². The molecular formula is C15H29N3O. The normalized spacial score (nSPS) is 28.2. The van der Waals surface area contributed by atoms with Crippen LogP contribution in [0, 0.1) is 5.92 Å². The van der Waals surface area contributed by atoms with E-state index in [-0.39, 0.29) is 5.91 Å². The predicted molar refractivity (Wildman–Crippen MR) is 78.1 cm³/mol. The molecule has 2 aliphatic rings. The summed E-state index contributed by atoms with van der Waals surface area (Å²) in [6, 6.07) is 0.971. The van der Waals surface area contributed by atoms with Crippen molar-refractivity contribution in [2.24, 2.45) is 5.92 Å². The van der Waals surface area contributed by atoms with Crippen molar-refractivity contribution in [2.45, 2.75) is 58.0 Å². The van der Waals surface area contributed by atoms with Crippen molar-refractivity contribution < 1.29 is 4.79 Å². The minimum atomic E-state index is 0.221. The van der Waals surface area contributed by atoms with Crippen LogP contribution in [0.1, 0.15) is 46.0 Å². The number of carbonyl (C=O) groups excluding carboxylic acids is 1. The summed E-state index contributed by atoms with van der Waals surface area (Å²) >= 11 is 0. The van der Waals surface area contributed by atoms with Gasteiger partial charge in [-0.3, -0.25) is 9.69 Å². The van der Waals surface area contributed by atoms with E-state index in [1.165, 1.54) is 19.3 Å². The second-order valence-electron chi connectivity index (χ2n) is 6.22. The molecule has 0 aromatic rings. The van der Waals surface area contributed by atoms with Gasteiger partial charge in [0, 0.05) is 25.2 Å². The molecule has 0 bridgehead atoms. The monoisotopic (exact) mass is 267 g/mol. The van der Waals surface area contributed by atoms with Crippen LogP contribution in [-0.4, -0.2) is 49.1 Å². The second-order valence-corrected chi connectivity index (χ2v) is 6.22. The maximum absolute atomic E-state index is 12.2. The fourth-order valence-electron chi connectivity index (χ4n) is 3.18. The average molecular weight is 267 g/mol. The maximum Gasteiger partial charge on any atom is 0.234 e. The van der Waals surface area contributed by atoms with Gasteiger partial charge in [-0.1, -0.05) is 26.7 Å². The molecule has 2 rings (SSSR count). The third-order valence-electron chi connectivity index (χ3n) is 4.59. The Morgan fingerprint density at radius 1 is 1.32 bits per heavy atom. The Hall–Kier alpha value is -0.610. The second kappa shape index (κ2) is 7.25. The summed E-state index contributed by atoms with van der Waals surface area (Å²) in [5.74, 6) is 0.863. The van der Waals surface area contributed by atoms with E-state index in [0.29, 0.717) is 24.5 Å². The Morgan fingerprint density at radius 3 is 2.63 bits per heavy atom. The van der Waals surface area contributed by atoms with E-state index in [2.05, 4.69) is 29.4 Å². The summed E-state index contributed by atoms with van der Waals surface area (Å²) in [6.07, 6.45) is 6.12. The minimum Gasteiger partial charge on any atom is -0.352 e. The van der Waals surface area contributed by atoms with Crippen LogP contribution in [0.5, 0.6) is 0 Å². The Bertz CT molecular complexity index is 291. The molecule has 1 aliphatic carbocycles. The van der Waals surface area contributed by atoms with Gasteiger partial charge in [-0.15, -0.1) is 0 Å². The fraction of sp³-hybridized carbons (Fsp3) is 0.933. The molecule has 1 heterocycles. The molecule has 0 spiro atoms. The van der Waals surface area contributed by atoms with E-state index < -0.39 is 0 Å². The van der Waals surface area contributed by atoms with E-state index >= 15 is 0 Å². The highest BCUT2D eigenvalue weighted by Crippen LogP contribution is 2.23. The summed E-state index contributed by atoms with van der Waals surface area (Å²) in [7, 11) is 0. The quantitative estimate of drug-likeness (QED) is 0.764. The van der Waals surface area contributed by atoms with Crippen molar-refractivity contribution >= 4 is 5.91 Å². The number of hydrogen-bond donors (Lipinski definition) is 2. The van der Waals surface area contributed by atoms with Crippen LogP contribution in [0.4, 0.5) is 0 Å². The molecule has 1 amide bonds. The summed E-state index contributed by atoms with van der Waals surface area (Å²) < 4.78 is 0. The average Bonchev–Trinajstić information content (AvgIpc) is 2.30. The zero-order valence-corrected chi connectivity index (χ0v) is 12.5. The van der Waals surface area contributed by atoms with Crippen molar-refractivity contribution in [1.82, 2.24) is 15.5 Å². The Labute approximate surface area is 117 Å². The van der Waals surface area contributed by atoms with Gasteiger partial charge in [0.1, 0.15) is 0 Å². The summed E-state index contributed by atoms with van der Waals surface area (Å²) in [5, 5.41) is 6.55. The predicted octanol–water partition coefficient (Wildman–Crippen LogP) is 1.37. The highest BCUT2D eigenvalue weighted by molar-refractivity contribution is 5.78. The molecule has 19 heavy (non-hydrogen) atoms. The number of nitrogens with one attached hydrogen (secondary N) is 2. The SMILES string of the molecule is CCCN(CC(=O)NC1CCCCC1C)C1CNC1. The Kier molecular flexibility index (Phi) is 5.64. The Morgan fingerprint density at radius 2 is 2.05 bits per heavy atom. The molecule has 2 fully saturated rings. The maximum atomic E-state index is 12.2. The first-order valence-corrected chi connectivity index (χ1v) is 7.94. The lowest BCUT2D eigenvalue weighted by Crippen LogP contribution is -2.59. The lowest BCUT2D eigenvalue weighted by molar-refractivity contribution is -0.124. The van der Waals surface area contributed by atoms with Crippen molar-refractivity contribution in [3.8, 4) is 0 Å². The third-order valence-corrected chi connectivity index (χ3v) is 4.59. The van der Waals surface area contributed by atoms with Crippen LogP contribution in [0.25, 0.3) is 0 Å². The first-order chi connectivity index (χ1) is 9.20. The first kappa shape index (κ1) is 14.8. The van der Waals surface area contributed by atoms with Gasteiger partial charge in [-0.05, 0) is 31.7 Å². The van der Waals surface area contributed by atoms with Crippen molar-refractivity contribution in [1.29, 1.82) is 0 Å². The van der Waals surface area contributed by atoms with Crippen molar-refractivity contribution in [3.05, 3.63) is 0 Å². The van der Waals surface area contributed by atoms with Gasteiger partial charge in [0.05, 0.1) is 6.54 Å². The number of hydrogen-bond acceptors (Lipinski definition) is 3. The smallest absolute Gasteiger partial charge is 0.234 e. The molecule has 2 atom stereocenters. The molecule has 0 radical (unpaired) electrons. The number of rotatable bonds is 6. The van der Waals surface area contributed by atoms with Gasteiger partial charge in [-0.25, -0.2) is 0 Å². The summed E-state index contributed by atoms with van der Waals surface area (Å²) in [5.41, 5.74) is 0. The highest BCUT2D eigenvalue weighted by Gasteiger charge is 2.27. The number of amides is 1. The lowest BCUT2D eigenvalue weighted by Gasteiger charge is -2.38. The van der Waals surface area contributed by atoms with E-state index in [1.807, 2.05) is 0 Å². The summed E-state index contributed by atoms with van der Waals surface area (Å²) in [4.78, 5) is 14.5. The Balaban J connectivity index is 1.77. The topological polar surface area (TPSA) is 44.4 Å². The molecule has 0 aromatic heterocycles. The zero-order valence-electron chi connectivity index (χ0n) is 12.5. The van der Waals surface area contributed by atoms with Crippen LogP contribution >= 0.6 is 0 Å². The number of carbonyl (C=O) groups is 1. The van der Waals surface area contributed by atoms with E-state index in [0.717, 1.165) is 32.5 Å². The lowest BCUT2D eigenvalue weighted by atomic mass is 9.86. The van der Waals surface area contributed by atoms with Crippen LogP contribution in [0.2, 0.25) is 0 Å². The van der Waals surface area contributed by atoms with Gasteiger partial charge in [-0.2, -0.15) is 0 Å². The molecule has 1 aliphatic heterocycles. The van der Waals surface area contributed by atoms with Gasteiger partial charge in [0.25, 0.3) is 0 Å². The molecule has 0 aromatic carbocycles. The number of nitrogens with zero attached hydrogens (tertiary/aromatic N) is 1. The van der Waals surface area contributed by atoms with Gasteiger partial charge >= 0.3 is 0 Å². The molecular weight excluding hydrogens is 238 g/mol. The van der Waals surface area contributed by atoms with Crippen LogP contribution < -0.4 is 10.6 Å². The minimum absolute atomic E-state index is 0.221. The largest absolute Gasteiger partial charge is 0.352 e. The standard InChI is InChI=1S/C15H29N3O/c1-3-8-18(13-9-16-10-13)11-15(19)17-14-7-5-4-6-12(14)2/h12-14,16H,3-11H2,1-2H3,(H,17,19). The van der Waals surface area contributed by atoms with Crippen LogP contribution in [0.15, 0.2) is 0 Å². The fourth-order valence-corrected chi connectivity index (χ4v) is 3.18. The summed E-state index contributed by atoms with van der Waals surface area (Å²) in [6.45, 7) is 8.12. The first-order valence-electron chi connectivity index (χ1n) is 7.94. The van der Waals surface area contributed by atoms with Crippen LogP contribution in [0.3, 0.4) is 0 Å². The third kappa shape index (κ3) is 4.18. The van der Waals surface area contributed by atoms with Gasteiger partial charge < -0.3 is 10.6 Å². The molecule has 1 saturated carbocycles. The zero-order chi connectivity index (χ0) is 13.7. The molecule has 1 saturated heterocycles. The molecule has 4 heteroatoms. The highest BCUT2D eigenvalue weighted by atomic mass is 16.2. The molecule has 4 nitrogen and oxygen atoms in total. The van der Waals surface area contributed by atoms with E-state index in [1.54, 1.807) is 0 Å². The molecule has 2 N–H and O–H groups in total. The van der Waals surface area contributed by atoms with Crippen LogP contribution in [-0.2, 0) is 4.79 Å². The van der Waals surface area contributed by atoms with Crippen molar-refractivity contribution in [3.63, 3.8) is 0 Å². The molecule has 110 valence electrons. The van der Waals surface area contributed by atoms with E-state index in [4.69, 9.17) is 0 Å². The van der Waals surface area contributed by atoms with Gasteiger partial charge in [0.15, 0.2) is 0 Å². The molecule has 2 unspecified atom stereocenters. The van der Waals surface area contributed by atoms with Gasteiger partial charge in [0.2, 0.25) is 5.91 Å². The van der Waals surface area contributed by atoms with E-state index in [9.17, 15) is 4.79 Å².